The number of hydrogen-bond acceptors (Lipinski definition) is 2. The molecule has 1 rings (SSSR count). The molecule has 2 nitrogen and oxygen atoms in total. The van der Waals surface area contributed by atoms with E-state index in [1.165, 1.54) is 12.8 Å². The van der Waals surface area contributed by atoms with E-state index in [2.05, 4.69) is 12.2 Å². The van der Waals surface area contributed by atoms with E-state index in [1.807, 2.05) is 0 Å². The summed E-state index contributed by atoms with van der Waals surface area (Å²) < 4.78 is 0. The summed E-state index contributed by atoms with van der Waals surface area (Å²) in [5.74, 6) is 0. The van der Waals surface area contributed by atoms with Gasteiger partial charge in [0, 0.05) is 18.6 Å². The monoisotopic (exact) mass is 114 g/mol. The topological polar surface area (TPSA) is 38.0 Å². The minimum atomic E-state index is 0.409. The first kappa shape index (κ1) is 6.05. The summed E-state index contributed by atoms with van der Waals surface area (Å²) in [7, 11) is 0. The fourth-order valence-electron chi connectivity index (χ4n) is 1.02. The van der Waals surface area contributed by atoms with Crippen LogP contribution in [0.15, 0.2) is 0 Å². The Labute approximate surface area is 50.4 Å². The fourth-order valence-corrected chi connectivity index (χ4v) is 1.02. The Kier molecular flexibility index (Phi) is 1.86. The molecule has 3 N–H and O–H groups in total. The normalized spacial score (nSPS) is 39.8. The molecule has 0 amide bonds. The van der Waals surface area contributed by atoms with Crippen molar-refractivity contribution < 1.29 is 0 Å². The molecule has 1 fully saturated rings. The third-order valence-electron chi connectivity index (χ3n) is 1.70. The molecule has 48 valence electrons. The minimum Gasteiger partial charge on any atom is -0.327 e. The average Bonchev–Trinajstić information content (AvgIpc) is 1.77. The highest BCUT2D eigenvalue weighted by atomic mass is 14.9. The van der Waals surface area contributed by atoms with E-state index in [9.17, 15) is 0 Å². The number of piperidine rings is 1. The van der Waals surface area contributed by atoms with Crippen molar-refractivity contribution in [3.8, 4) is 0 Å². The Hall–Kier alpha value is -0.0800. The summed E-state index contributed by atoms with van der Waals surface area (Å²) >= 11 is 0. The number of nitrogens with one attached hydrogen (secondary N) is 1. The zero-order chi connectivity index (χ0) is 5.98. The molecular weight excluding hydrogens is 100 g/mol. The van der Waals surface area contributed by atoms with Gasteiger partial charge in [0.2, 0.25) is 0 Å². The van der Waals surface area contributed by atoms with Crippen LogP contribution in [0.4, 0.5) is 0 Å². The van der Waals surface area contributed by atoms with Crippen LogP contribution in [0.25, 0.3) is 0 Å². The number of hydrogen-bond donors (Lipinski definition) is 2. The van der Waals surface area contributed by atoms with E-state index in [1.54, 1.807) is 0 Å². The van der Waals surface area contributed by atoms with Crippen molar-refractivity contribution >= 4 is 0 Å². The predicted octanol–water partition coefficient (Wildman–Crippen LogP) is 0.0856. The molecule has 0 unspecified atom stereocenters. The molecule has 2 heteroatoms. The van der Waals surface area contributed by atoms with Crippen LogP contribution in [0.3, 0.4) is 0 Å². The zero-order valence-electron chi connectivity index (χ0n) is 5.35. The van der Waals surface area contributed by atoms with Crippen LogP contribution in [0, 0.1) is 0 Å². The van der Waals surface area contributed by atoms with E-state index in [-0.39, 0.29) is 0 Å². The van der Waals surface area contributed by atoms with E-state index in [0.717, 1.165) is 6.54 Å². The van der Waals surface area contributed by atoms with Crippen LogP contribution in [-0.4, -0.2) is 18.6 Å². The van der Waals surface area contributed by atoms with Crippen LogP contribution in [0.1, 0.15) is 19.8 Å². The standard InChI is InChI=1S/C6H14N2/c1-5-2-3-6(7)4-8-5/h5-6,8H,2-4,7H2,1H3/t5-,6+/m0/s1. The van der Waals surface area contributed by atoms with Crippen LogP contribution >= 0.6 is 0 Å². The summed E-state index contributed by atoms with van der Waals surface area (Å²) in [6.07, 6.45) is 2.43. The van der Waals surface area contributed by atoms with Gasteiger partial charge in [-0.05, 0) is 19.8 Å². The average molecular weight is 114 g/mol. The smallest absolute Gasteiger partial charge is 0.0165 e. The lowest BCUT2D eigenvalue weighted by Gasteiger charge is -2.24. The first-order valence-electron chi connectivity index (χ1n) is 3.28. The largest absolute Gasteiger partial charge is 0.327 e. The molecule has 1 aliphatic rings. The second-order valence-electron chi connectivity index (χ2n) is 2.65. The number of rotatable bonds is 0. The van der Waals surface area contributed by atoms with Gasteiger partial charge in [-0.3, -0.25) is 0 Å². The Balaban J connectivity index is 2.19. The predicted molar refractivity (Wildman–Crippen MR) is 34.7 cm³/mol. The molecule has 0 radical (unpaired) electrons. The molecule has 0 saturated carbocycles. The summed E-state index contributed by atoms with van der Waals surface area (Å²) in [6.45, 7) is 3.20. The SMILES string of the molecule is C[C@H]1CC[C@@H](N)CN1. The van der Waals surface area contributed by atoms with Crippen molar-refractivity contribution in [1.82, 2.24) is 5.32 Å². The third-order valence-corrected chi connectivity index (χ3v) is 1.70. The molecule has 1 heterocycles. The van der Waals surface area contributed by atoms with Gasteiger partial charge in [-0.15, -0.1) is 0 Å². The van der Waals surface area contributed by atoms with Crippen molar-refractivity contribution in [2.45, 2.75) is 31.8 Å². The molecule has 1 saturated heterocycles. The van der Waals surface area contributed by atoms with Crippen molar-refractivity contribution in [2.24, 2.45) is 5.73 Å². The Bertz CT molecular complexity index is 54.9. The number of nitrogens with two attached hydrogens (primary N) is 1. The molecule has 2 atom stereocenters. The lowest BCUT2D eigenvalue weighted by atomic mass is 10.0. The Morgan fingerprint density at radius 1 is 1.50 bits per heavy atom. The maximum absolute atomic E-state index is 5.63. The maximum Gasteiger partial charge on any atom is 0.0165 e. The van der Waals surface area contributed by atoms with E-state index >= 15 is 0 Å². The van der Waals surface area contributed by atoms with Crippen molar-refractivity contribution in [1.29, 1.82) is 0 Å². The van der Waals surface area contributed by atoms with E-state index in [0.29, 0.717) is 12.1 Å². The molecule has 0 aromatic carbocycles. The van der Waals surface area contributed by atoms with Crippen molar-refractivity contribution in [3.63, 3.8) is 0 Å². The van der Waals surface area contributed by atoms with E-state index in [4.69, 9.17) is 5.73 Å². The Morgan fingerprint density at radius 2 is 2.25 bits per heavy atom. The second kappa shape index (κ2) is 2.46. The van der Waals surface area contributed by atoms with E-state index < -0.39 is 0 Å². The molecule has 0 aliphatic carbocycles. The lowest BCUT2D eigenvalue weighted by Crippen LogP contribution is -2.43. The highest BCUT2D eigenvalue weighted by molar-refractivity contribution is 4.75. The fraction of sp³-hybridized carbons (Fsp3) is 1.00. The van der Waals surface area contributed by atoms with Crippen LogP contribution in [-0.2, 0) is 0 Å². The van der Waals surface area contributed by atoms with Gasteiger partial charge < -0.3 is 11.1 Å². The van der Waals surface area contributed by atoms with Gasteiger partial charge in [0.25, 0.3) is 0 Å². The molecule has 8 heavy (non-hydrogen) atoms. The quantitative estimate of drug-likeness (QED) is 0.468. The highest BCUT2D eigenvalue weighted by Gasteiger charge is 2.12. The van der Waals surface area contributed by atoms with Gasteiger partial charge >= 0.3 is 0 Å². The van der Waals surface area contributed by atoms with Gasteiger partial charge in [0.15, 0.2) is 0 Å². The summed E-state index contributed by atoms with van der Waals surface area (Å²) in [5.41, 5.74) is 5.63. The maximum atomic E-state index is 5.63. The van der Waals surface area contributed by atoms with Gasteiger partial charge in [0.05, 0.1) is 0 Å². The van der Waals surface area contributed by atoms with Crippen LogP contribution in [0.5, 0.6) is 0 Å². The zero-order valence-corrected chi connectivity index (χ0v) is 5.35. The second-order valence-corrected chi connectivity index (χ2v) is 2.65. The third kappa shape index (κ3) is 1.46. The van der Waals surface area contributed by atoms with Gasteiger partial charge in [-0.1, -0.05) is 0 Å². The van der Waals surface area contributed by atoms with Crippen molar-refractivity contribution in [2.75, 3.05) is 6.54 Å². The molecule has 1 aliphatic heterocycles. The summed E-state index contributed by atoms with van der Waals surface area (Å²) in [5, 5.41) is 3.31. The van der Waals surface area contributed by atoms with Gasteiger partial charge in [0.1, 0.15) is 0 Å². The van der Waals surface area contributed by atoms with Gasteiger partial charge in [-0.2, -0.15) is 0 Å². The first-order valence-corrected chi connectivity index (χ1v) is 3.28. The highest BCUT2D eigenvalue weighted by Crippen LogP contribution is 2.04. The Morgan fingerprint density at radius 3 is 2.62 bits per heavy atom. The lowest BCUT2D eigenvalue weighted by molar-refractivity contribution is 0.384. The van der Waals surface area contributed by atoms with Crippen molar-refractivity contribution in [3.05, 3.63) is 0 Å². The van der Waals surface area contributed by atoms with Crippen LogP contribution < -0.4 is 11.1 Å². The van der Waals surface area contributed by atoms with Crippen LogP contribution in [0.2, 0.25) is 0 Å². The summed E-state index contributed by atoms with van der Waals surface area (Å²) in [4.78, 5) is 0. The van der Waals surface area contributed by atoms with Gasteiger partial charge in [-0.25, -0.2) is 0 Å². The molecule has 0 aromatic rings. The summed E-state index contributed by atoms with van der Waals surface area (Å²) in [6, 6.07) is 1.10. The molecule has 0 spiro atoms. The molecular formula is C6H14N2. The molecule has 0 bridgehead atoms. The minimum absolute atomic E-state index is 0.409. The molecule has 0 aromatic heterocycles. The first-order chi connectivity index (χ1) is 3.79.